The zero-order chi connectivity index (χ0) is 18.6. The van der Waals surface area contributed by atoms with Gasteiger partial charge < -0.3 is 14.6 Å². The number of rotatable bonds is 5. The van der Waals surface area contributed by atoms with Gasteiger partial charge in [-0.25, -0.2) is 13.4 Å². The monoisotopic (exact) mass is 378 g/mol. The van der Waals surface area contributed by atoms with E-state index in [1.165, 1.54) is 16.8 Å². The molecule has 0 atom stereocenters. The van der Waals surface area contributed by atoms with Crippen LogP contribution in [0.2, 0.25) is 0 Å². The summed E-state index contributed by atoms with van der Waals surface area (Å²) in [5.74, 6) is 0.494. The number of aromatic amines is 1. The van der Waals surface area contributed by atoms with Crippen molar-refractivity contribution in [2.75, 3.05) is 32.8 Å². The molecule has 0 bridgehead atoms. The van der Waals surface area contributed by atoms with Crippen LogP contribution in [0.3, 0.4) is 0 Å². The zero-order valence-electron chi connectivity index (χ0n) is 14.6. The third kappa shape index (κ3) is 4.23. The maximum Gasteiger partial charge on any atom is 0.260 e. The number of hydrogen-bond acceptors (Lipinski definition) is 5. The second-order valence-corrected chi connectivity index (χ2v) is 8.06. The Hall–Kier alpha value is -2.39. The highest BCUT2D eigenvalue weighted by Gasteiger charge is 2.29. The second kappa shape index (κ2) is 7.88. The minimum Gasteiger partial charge on any atom is -0.484 e. The van der Waals surface area contributed by atoms with Gasteiger partial charge in [0.2, 0.25) is 0 Å². The molecule has 1 aromatic heterocycles. The third-order valence-corrected chi connectivity index (χ3v) is 6.11. The summed E-state index contributed by atoms with van der Waals surface area (Å²) in [6.07, 6.45) is 3.20. The van der Waals surface area contributed by atoms with Crippen LogP contribution in [0.1, 0.15) is 12.0 Å². The largest absolute Gasteiger partial charge is 0.484 e. The van der Waals surface area contributed by atoms with Gasteiger partial charge in [-0.15, -0.1) is 0 Å². The Bertz CT molecular complexity index is 834. The molecular weight excluding hydrogens is 356 g/mol. The van der Waals surface area contributed by atoms with Crippen molar-refractivity contribution in [1.29, 1.82) is 0 Å². The van der Waals surface area contributed by atoms with Gasteiger partial charge in [0.25, 0.3) is 15.9 Å². The number of carbonyl (C=O) groups excluding carboxylic acids is 1. The fraction of sp³-hybridized carbons (Fsp3) is 0.412. The molecule has 1 aliphatic heterocycles. The standard InChI is InChI=1S/C17H22N4O4S/c1-14-3-5-15(6-4-14)25-12-17(22)20-7-2-8-21(10-9-20)26(23,24)16-11-18-13-19-16/h3-6,11,13H,2,7-10,12H2,1H3,(H,18,19). The third-order valence-electron chi connectivity index (χ3n) is 4.28. The van der Waals surface area contributed by atoms with Crippen LogP contribution in [0, 0.1) is 6.92 Å². The molecule has 0 unspecified atom stereocenters. The van der Waals surface area contributed by atoms with Gasteiger partial charge in [-0.3, -0.25) is 4.79 Å². The van der Waals surface area contributed by atoms with E-state index in [1.807, 2.05) is 31.2 Å². The maximum absolute atomic E-state index is 12.5. The Morgan fingerprint density at radius 3 is 2.65 bits per heavy atom. The van der Waals surface area contributed by atoms with E-state index in [-0.39, 0.29) is 24.1 Å². The van der Waals surface area contributed by atoms with E-state index >= 15 is 0 Å². The van der Waals surface area contributed by atoms with Crippen molar-refractivity contribution >= 4 is 15.9 Å². The first-order chi connectivity index (χ1) is 12.5. The molecule has 2 aromatic rings. The Kier molecular flexibility index (Phi) is 5.58. The molecule has 140 valence electrons. The number of amides is 1. The lowest BCUT2D eigenvalue weighted by molar-refractivity contribution is -0.133. The number of sulfonamides is 1. The fourth-order valence-corrected chi connectivity index (χ4v) is 4.14. The van der Waals surface area contributed by atoms with Gasteiger partial charge >= 0.3 is 0 Å². The number of H-pyrrole nitrogens is 1. The number of hydrogen-bond donors (Lipinski definition) is 1. The summed E-state index contributed by atoms with van der Waals surface area (Å²) < 4.78 is 32.0. The van der Waals surface area contributed by atoms with Gasteiger partial charge in [-0.05, 0) is 25.5 Å². The molecule has 1 amide bonds. The van der Waals surface area contributed by atoms with Crippen molar-refractivity contribution < 1.29 is 17.9 Å². The molecule has 26 heavy (non-hydrogen) atoms. The topological polar surface area (TPSA) is 95.6 Å². The Morgan fingerprint density at radius 1 is 1.19 bits per heavy atom. The first-order valence-corrected chi connectivity index (χ1v) is 9.86. The quantitative estimate of drug-likeness (QED) is 0.838. The Morgan fingerprint density at radius 2 is 1.96 bits per heavy atom. The molecule has 3 rings (SSSR count). The number of carbonyl (C=O) groups is 1. The summed E-state index contributed by atoms with van der Waals surface area (Å²) in [7, 11) is -3.60. The predicted molar refractivity (Wildman–Crippen MR) is 95.2 cm³/mol. The number of aromatic nitrogens is 2. The number of benzene rings is 1. The normalized spacial score (nSPS) is 16.3. The average Bonchev–Trinajstić information content (AvgIpc) is 3.06. The summed E-state index contributed by atoms with van der Waals surface area (Å²) in [4.78, 5) is 20.4. The van der Waals surface area contributed by atoms with Crippen molar-refractivity contribution in [1.82, 2.24) is 19.2 Å². The fourth-order valence-electron chi connectivity index (χ4n) is 2.78. The minimum atomic E-state index is -3.60. The Labute approximate surface area is 152 Å². The highest BCUT2D eigenvalue weighted by atomic mass is 32.2. The van der Waals surface area contributed by atoms with Crippen molar-refractivity contribution in [3.05, 3.63) is 42.4 Å². The second-order valence-electron chi connectivity index (χ2n) is 6.16. The van der Waals surface area contributed by atoms with E-state index in [4.69, 9.17) is 4.74 Å². The van der Waals surface area contributed by atoms with E-state index < -0.39 is 10.0 Å². The van der Waals surface area contributed by atoms with Gasteiger partial charge in [0.05, 0.1) is 12.5 Å². The lowest BCUT2D eigenvalue weighted by Crippen LogP contribution is -2.39. The smallest absolute Gasteiger partial charge is 0.260 e. The van der Waals surface area contributed by atoms with Gasteiger partial charge in [0, 0.05) is 26.2 Å². The van der Waals surface area contributed by atoms with Gasteiger partial charge in [-0.1, -0.05) is 17.7 Å². The minimum absolute atomic E-state index is 0.0592. The molecule has 1 fully saturated rings. The van der Waals surface area contributed by atoms with E-state index in [1.54, 1.807) is 4.90 Å². The average molecular weight is 378 g/mol. The van der Waals surface area contributed by atoms with Crippen LogP contribution in [-0.2, 0) is 14.8 Å². The van der Waals surface area contributed by atoms with Gasteiger partial charge in [0.15, 0.2) is 11.6 Å². The first-order valence-electron chi connectivity index (χ1n) is 8.42. The van der Waals surface area contributed by atoms with E-state index in [9.17, 15) is 13.2 Å². The van der Waals surface area contributed by atoms with E-state index in [0.29, 0.717) is 31.8 Å². The summed E-state index contributed by atoms with van der Waals surface area (Å²) in [6, 6.07) is 7.49. The molecule has 2 heterocycles. The van der Waals surface area contributed by atoms with Crippen molar-refractivity contribution in [2.45, 2.75) is 18.4 Å². The Balaban J connectivity index is 1.56. The number of nitrogens with zero attached hydrogens (tertiary/aromatic N) is 3. The van der Waals surface area contributed by atoms with Crippen LogP contribution in [0.15, 0.2) is 41.8 Å². The van der Waals surface area contributed by atoms with Crippen molar-refractivity contribution in [2.24, 2.45) is 0 Å². The van der Waals surface area contributed by atoms with Gasteiger partial charge in [-0.2, -0.15) is 4.31 Å². The summed E-state index contributed by atoms with van der Waals surface area (Å²) in [5, 5.41) is 0.0694. The summed E-state index contributed by atoms with van der Waals surface area (Å²) >= 11 is 0. The molecule has 1 saturated heterocycles. The van der Waals surface area contributed by atoms with Crippen molar-refractivity contribution in [3.63, 3.8) is 0 Å². The van der Waals surface area contributed by atoms with Crippen LogP contribution in [0.25, 0.3) is 0 Å². The van der Waals surface area contributed by atoms with Crippen molar-refractivity contribution in [3.8, 4) is 5.75 Å². The molecule has 1 aromatic carbocycles. The van der Waals surface area contributed by atoms with Crippen LogP contribution in [0.5, 0.6) is 5.75 Å². The molecule has 9 heteroatoms. The molecule has 0 radical (unpaired) electrons. The lowest BCUT2D eigenvalue weighted by atomic mass is 10.2. The predicted octanol–water partition coefficient (Wildman–Crippen LogP) is 1.02. The molecule has 0 saturated carbocycles. The number of aryl methyl sites for hydroxylation is 1. The van der Waals surface area contributed by atoms with Crippen LogP contribution >= 0.6 is 0 Å². The maximum atomic E-state index is 12.5. The van der Waals surface area contributed by atoms with E-state index in [2.05, 4.69) is 9.97 Å². The molecule has 8 nitrogen and oxygen atoms in total. The first kappa shape index (κ1) is 18.4. The number of nitrogens with one attached hydrogen (secondary N) is 1. The van der Waals surface area contributed by atoms with Crippen LogP contribution < -0.4 is 4.74 Å². The molecule has 0 spiro atoms. The summed E-state index contributed by atoms with van der Waals surface area (Å²) in [5.41, 5.74) is 1.12. The zero-order valence-corrected chi connectivity index (χ0v) is 15.4. The molecule has 0 aliphatic carbocycles. The number of imidazole rings is 1. The molecule has 1 aliphatic rings. The van der Waals surface area contributed by atoms with Crippen LogP contribution in [-0.4, -0.2) is 66.3 Å². The van der Waals surface area contributed by atoms with Crippen LogP contribution in [0.4, 0.5) is 0 Å². The lowest BCUT2D eigenvalue weighted by Gasteiger charge is -2.21. The highest BCUT2D eigenvalue weighted by molar-refractivity contribution is 7.89. The van der Waals surface area contributed by atoms with Gasteiger partial charge in [0.1, 0.15) is 5.75 Å². The summed E-state index contributed by atoms with van der Waals surface area (Å²) in [6.45, 7) is 3.38. The SMILES string of the molecule is Cc1ccc(OCC(=O)N2CCCN(S(=O)(=O)c3cnc[nH]3)CC2)cc1. The molecule has 1 N–H and O–H groups in total. The number of ether oxygens (including phenoxy) is 1. The highest BCUT2D eigenvalue weighted by Crippen LogP contribution is 2.16. The van der Waals surface area contributed by atoms with E-state index in [0.717, 1.165) is 5.56 Å². The molecular formula is C17H22N4O4S.